The van der Waals surface area contributed by atoms with E-state index in [-0.39, 0.29) is 5.91 Å². The van der Waals surface area contributed by atoms with Gasteiger partial charge in [0.05, 0.1) is 19.8 Å². The number of carbonyl (C=O) groups excluding carboxylic acids is 2. The molecule has 7 nitrogen and oxygen atoms in total. The molecule has 0 radical (unpaired) electrons. The minimum Gasteiger partial charge on any atom is -0.493 e. The van der Waals surface area contributed by atoms with Crippen LogP contribution in [0.1, 0.15) is 45.0 Å². The number of nitrogens with two attached hydrogens (primary N) is 1. The van der Waals surface area contributed by atoms with Crippen molar-refractivity contribution in [2.24, 2.45) is 5.73 Å². The molecule has 0 saturated heterocycles. The number of hydrogen-bond donors (Lipinski definition) is 2. The Bertz CT molecular complexity index is 907. The Morgan fingerprint density at radius 2 is 1.93 bits per heavy atom. The first-order valence-corrected chi connectivity index (χ1v) is 9.89. The topological polar surface area (TPSA) is 93.9 Å². The maximum absolute atomic E-state index is 12.8. The molecule has 8 heteroatoms. The monoisotopic (exact) mass is 403 g/mol. The van der Waals surface area contributed by atoms with Gasteiger partial charge in [0.1, 0.15) is 5.00 Å². The Morgan fingerprint density at radius 1 is 1.21 bits per heavy atom. The Kier molecular flexibility index (Phi) is 5.90. The summed E-state index contributed by atoms with van der Waals surface area (Å²) in [5, 5.41) is 3.36. The van der Waals surface area contributed by atoms with Gasteiger partial charge in [-0.25, -0.2) is 0 Å². The summed E-state index contributed by atoms with van der Waals surface area (Å²) in [7, 11) is 3.05. The van der Waals surface area contributed by atoms with E-state index in [0.29, 0.717) is 33.7 Å². The van der Waals surface area contributed by atoms with Crippen LogP contribution in [0, 0.1) is 0 Å². The highest BCUT2D eigenvalue weighted by atomic mass is 32.1. The molecule has 0 fully saturated rings. The van der Waals surface area contributed by atoms with E-state index in [1.807, 2.05) is 0 Å². The number of thiophene rings is 1. The van der Waals surface area contributed by atoms with Gasteiger partial charge in [0.25, 0.3) is 11.8 Å². The summed E-state index contributed by atoms with van der Waals surface area (Å²) in [6.45, 7) is 5.91. The molecule has 3 N–H and O–H groups in total. The molecule has 2 heterocycles. The summed E-state index contributed by atoms with van der Waals surface area (Å²) in [6.07, 6.45) is 0.745. The molecule has 0 atom stereocenters. The number of ether oxygens (including phenoxy) is 2. The van der Waals surface area contributed by atoms with Gasteiger partial charge in [-0.05, 0) is 44.0 Å². The van der Waals surface area contributed by atoms with Gasteiger partial charge in [0.2, 0.25) is 0 Å². The number of nitrogens with one attached hydrogen (secondary N) is 1. The third kappa shape index (κ3) is 3.83. The van der Waals surface area contributed by atoms with E-state index in [1.54, 1.807) is 18.2 Å². The summed E-state index contributed by atoms with van der Waals surface area (Å²) in [4.78, 5) is 28.3. The van der Waals surface area contributed by atoms with Crippen LogP contribution in [0.3, 0.4) is 0 Å². The van der Waals surface area contributed by atoms with Crippen LogP contribution in [0.15, 0.2) is 18.2 Å². The zero-order valence-corrected chi connectivity index (χ0v) is 17.3. The van der Waals surface area contributed by atoms with Gasteiger partial charge in [-0.15, -0.1) is 11.3 Å². The van der Waals surface area contributed by atoms with Gasteiger partial charge in [0.15, 0.2) is 11.5 Å². The van der Waals surface area contributed by atoms with Crippen molar-refractivity contribution < 1.29 is 19.1 Å². The number of hydrogen-bond acceptors (Lipinski definition) is 6. The number of rotatable bonds is 6. The molecule has 1 aliphatic rings. The molecule has 1 aromatic heterocycles. The molecular formula is C20H25N3O4S. The van der Waals surface area contributed by atoms with Crippen molar-refractivity contribution in [3.05, 3.63) is 39.8 Å². The summed E-state index contributed by atoms with van der Waals surface area (Å²) >= 11 is 1.42. The average Bonchev–Trinajstić information content (AvgIpc) is 3.04. The number of fused-ring (bicyclic) bond motifs is 1. The fourth-order valence-electron chi connectivity index (χ4n) is 3.37. The maximum atomic E-state index is 12.8. The Labute approximate surface area is 168 Å². The largest absolute Gasteiger partial charge is 0.493 e. The number of primary amides is 1. The van der Waals surface area contributed by atoms with Crippen molar-refractivity contribution in [1.82, 2.24) is 4.90 Å². The summed E-state index contributed by atoms with van der Waals surface area (Å²) in [5.74, 6) is 0.154. The van der Waals surface area contributed by atoms with Crippen LogP contribution in [0.25, 0.3) is 0 Å². The number of nitrogens with zero attached hydrogens (tertiary/aromatic N) is 1. The number of methoxy groups -OCH3 is 2. The smallest absolute Gasteiger partial charge is 0.256 e. The molecule has 1 aromatic carbocycles. The van der Waals surface area contributed by atoms with Crippen molar-refractivity contribution in [2.75, 3.05) is 26.1 Å². The second-order valence-electron chi connectivity index (χ2n) is 6.91. The highest BCUT2D eigenvalue weighted by molar-refractivity contribution is 7.17. The third-order valence-electron chi connectivity index (χ3n) is 4.94. The van der Waals surface area contributed by atoms with E-state index in [2.05, 4.69) is 24.1 Å². The Balaban J connectivity index is 1.90. The van der Waals surface area contributed by atoms with Gasteiger partial charge in [-0.1, -0.05) is 0 Å². The fourth-order valence-corrected chi connectivity index (χ4v) is 4.64. The molecule has 0 aliphatic carbocycles. The summed E-state index contributed by atoms with van der Waals surface area (Å²) < 4.78 is 10.5. The fraction of sp³-hybridized carbons (Fsp3) is 0.400. The second-order valence-corrected chi connectivity index (χ2v) is 8.02. The zero-order chi connectivity index (χ0) is 20.4. The molecular weight excluding hydrogens is 378 g/mol. The van der Waals surface area contributed by atoms with Crippen LogP contribution in [0.2, 0.25) is 0 Å². The summed E-state index contributed by atoms with van der Waals surface area (Å²) in [5.41, 5.74) is 7.43. The molecule has 28 heavy (non-hydrogen) atoms. The molecule has 150 valence electrons. The predicted octanol–water partition coefficient (Wildman–Crippen LogP) is 2.88. The average molecular weight is 404 g/mol. The van der Waals surface area contributed by atoms with Crippen LogP contribution >= 0.6 is 11.3 Å². The number of carbonyl (C=O) groups is 2. The zero-order valence-electron chi connectivity index (χ0n) is 16.5. The van der Waals surface area contributed by atoms with Crippen molar-refractivity contribution in [1.29, 1.82) is 0 Å². The van der Waals surface area contributed by atoms with Gasteiger partial charge in [0, 0.05) is 29.6 Å². The first kappa shape index (κ1) is 20.2. The van der Waals surface area contributed by atoms with E-state index >= 15 is 0 Å². The highest BCUT2D eigenvalue weighted by Gasteiger charge is 2.28. The number of amides is 2. The van der Waals surface area contributed by atoms with Gasteiger partial charge in [-0.2, -0.15) is 0 Å². The standard InChI is InChI=1S/C20H25N3O4S/c1-11(2)23-8-7-13-16(10-23)28-20(17(13)18(21)24)22-19(25)12-5-6-14(26-3)15(9-12)27-4/h5-6,9,11H,7-8,10H2,1-4H3,(H2,21,24)(H,22,25). The molecule has 3 rings (SSSR count). The third-order valence-corrected chi connectivity index (χ3v) is 6.07. The molecule has 0 spiro atoms. The van der Waals surface area contributed by atoms with E-state index < -0.39 is 5.91 Å². The summed E-state index contributed by atoms with van der Waals surface area (Å²) in [6, 6.07) is 5.33. The second kappa shape index (κ2) is 8.20. The van der Waals surface area contributed by atoms with Gasteiger partial charge >= 0.3 is 0 Å². The Morgan fingerprint density at radius 3 is 2.54 bits per heavy atom. The quantitative estimate of drug-likeness (QED) is 0.773. The van der Waals surface area contributed by atoms with Crippen LogP contribution in [-0.2, 0) is 13.0 Å². The molecule has 0 unspecified atom stereocenters. The van der Waals surface area contributed by atoms with Crippen molar-refractivity contribution >= 4 is 28.2 Å². The lowest BCUT2D eigenvalue weighted by Crippen LogP contribution is -2.35. The van der Waals surface area contributed by atoms with Crippen LogP contribution < -0.4 is 20.5 Å². The number of benzene rings is 1. The van der Waals surface area contributed by atoms with E-state index in [9.17, 15) is 9.59 Å². The van der Waals surface area contributed by atoms with Crippen LogP contribution in [-0.4, -0.2) is 43.5 Å². The predicted molar refractivity (Wildman–Crippen MR) is 110 cm³/mol. The minimum atomic E-state index is -0.516. The Hall–Kier alpha value is -2.58. The van der Waals surface area contributed by atoms with Gasteiger partial charge in [-0.3, -0.25) is 14.5 Å². The lowest BCUT2D eigenvalue weighted by atomic mass is 10.0. The van der Waals surface area contributed by atoms with E-state index in [1.165, 1.54) is 25.6 Å². The lowest BCUT2D eigenvalue weighted by molar-refractivity contribution is 0.0999. The van der Waals surface area contributed by atoms with Crippen LogP contribution in [0.4, 0.5) is 5.00 Å². The SMILES string of the molecule is COc1ccc(C(=O)Nc2sc3c(c2C(N)=O)CCN(C(C)C)C3)cc1OC. The van der Waals surface area contributed by atoms with Crippen molar-refractivity contribution in [3.63, 3.8) is 0 Å². The molecule has 2 amide bonds. The van der Waals surface area contributed by atoms with Crippen molar-refractivity contribution in [2.45, 2.75) is 32.9 Å². The minimum absolute atomic E-state index is 0.331. The van der Waals surface area contributed by atoms with Crippen LogP contribution in [0.5, 0.6) is 11.5 Å². The molecule has 0 bridgehead atoms. The maximum Gasteiger partial charge on any atom is 0.256 e. The normalized spacial score (nSPS) is 13.9. The van der Waals surface area contributed by atoms with E-state index in [0.717, 1.165) is 30.0 Å². The molecule has 2 aromatic rings. The lowest BCUT2D eigenvalue weighted by Gasteiger charge is -2.30. The highest BCUT2D eigenvalue weighted by Crippen LogP contribution is 2.38. The van der Waals surface area contributed by atoms with Gasteiger partial charge < -0.3 is 20.5 Å². The van der Waals surface area contributed by atoms with E-state index in [4.69, 9.17) is 15.2 Å². The van der Waals surface area contributed by atoms with Crippen molar-refractivity contribution in [3.8, 4) is 11.5 Å². The first-order valence-electron chi connectivity index (χ1n) is 9.07. The first-order chi connectivity index (χ1) is 13.3. The number of anilines is 1. The molecule has 0 saturated carbocycles. The molecule has 1 aliphatic heterocycles.